The second-order valence-electron chi connectivity index (χ2n) is 6.64. The van der Waals surface area contributed by atoms with Crippen molar-refractivity contribution in [3.8, 4) is 11.3 Å². The standard InChI is InChI=1S/C19H21N5O/c1-24-12-15(11-23-24)18-7-13-6-16(21-9-14(13)10-22-18)8-19(25)17-4-2-3-5-20-17/h6-7,9-12,17,20H,2-5,8H2,1H3/t17-/m0/s1. The predicted octanol–water partition coefficient (Wildman–Crippen LogP) is 2.28. The average Bonchev–Trinajstić information content (AvgIpc) is 3.08. The van der Waals surface area contributed by atoms with Crippen molar-refractivity contribution in [2.24, 2.45) is 7.05 Å². The fraction of sp³-hybridized carbons (Fsp3) is 0.368. The summed E-state index contributed by atoms with van der Waals surface area (Å²) in [6.45, 7) is 0.932. The zero-order chi connectivity index (χ0) is 17.2. The van der Waals surface area contributed by atoms with Crippen LogP contribution in [0, 0.1) is 0 Å². The van der Waals surface area contributed by atoms with Gasteiger partial charge in [0.05, 0.1) is 24.4 Å². The van der Waals surface area contributed by atoms with E-state index in [1.54, 1.807) is 17.1 Å². The Bertz CT molecular complexity index is 911. The number of pyridine rings is 2. The van der Waals surface area contributed by atoms with Gasteiger partial charge in [0.2, 0.25) is 0 Å². The van der Waals surface area contributed by atoms with Crippen LogP contribution < -0.4 is 5.32 Å². The number of Topliss-reactive ketones (excluding diaryl/α,β-unsaturated/α-hetero) is 1. The van der Waals surface area contributed by atoms with Gasteiger partial charge in [0.25, 0.3) is 0 Å². The topological polar surface area (TPSA) is 72.7 Å². The van der Waals surface area contributed by atoms with E-state index in [2.05, 4.69) is 20.4 Å². The molecule has 3 aromatic heterocycles. The summed E-state index contributed by atoms with van der Waals surface area (Å²) >= 11 is 0. The van der Waals surface area contributed by atoms with Gasteiger partial charge in [-0.2, -0.15) is 5.10 Å². The summed E-state index contributed by atoms with van der Waals surface area (Å²) in [5.74, 6) is 0.230. The number of piperidine rings is 1. The number of aryl methyl sites for hydroxylation is 1. The molecule has 0 aromatic carbocycles. The fourth-order valence-corrected chi connectivity index (χ4v) is 3.32. The Hall–Kier alpha value is -2.60. The van der Waals surface area contributed by atoms with Gasteiger partial charge < -0.3 is 5.32 Å². The number of hydrogen-bond donors (Lipinski definition) is 1. The highest BCUT2D eigenvalue weighted by molar-refractivity contribution is 5.88. The summed E-state index contributed by atoms with van der Waals surface area (Å²) in [5, 5.41) is 9.52. The van der Waals surface area contributed by atoms with Crippen LogP contribution in [0.1, 0.15) is 25.0 Å². The molecule has 6 nitrogen and oxygen atoms in total. The van der Waals surface area contributed by atoms with E-state index in [9.17, 15) is 4.79 Å². The molecule has 1 aliphatic rings. The fourth-order valence-electron chi connectivity index (χ4n) is 3.32. The van der Waals surface area contributed by atoms with Crippen molar-refractivity contribution < 1.29 is 4.79 Å². The van der Waals surface area contributed by atoms with E-state index in [-0.39, 0.29) is 11.8 Å². The molecule has 0 amide bonds. The largest absolute Gasteiger partial charge is 0.307 e. The molecule has 0 spiro atoms. The van der Waals surface area contributed by atoms with Gasteiger partial charge in [-0.15, -0.1) is 0 Å². The van der Waals surface area contributed by atoms with Crippen LogP contribution in [0.15, 0.2) is 36.9 Å². The second kappa shape index (κ2) is 6.72. The number of nitrogens with zero attached hydrogens (tertiary/aromatic N) is 4. The summed E-state index contributed by atoms with van der Waals surface area (Å²) in [4.78, 5) is 21.4. The minimum Gasteiger partial charge on any atom is -0.307 e. The minimum atomic E-state index is -0.0189. The zero-order valence-electron chi connectivity index (χ0n) is 14.3. The van der Waals surface area contributed by atoms with Crippen LogP contribution in [0.5, 0.6) is 0 Å². The Labute approximate surface area is 146 Å². The highest BCUT2D eigenvalue weighted by atomic mass is 16.1. The highest BCUT2D eigenvalue weighted by Crippen LogP contribution is 2.22. The van der Waals surface area contributed by atoms with Crippen LogP contribution >= 0.6 is 0 Å². The van der Waals surface area contributed by atoms with Crippen LogP contribution in [0.25, 0.3) is 22.0 Å². The number of carbonyl (C=O) groups is 1. The van der Waals surface area contributed by atoms with E-state index >= 15 is 0 Å². The van der Waals surface area contributed by atoms with E-state index in [0.717, 1.165) is 53.5 Å². The third-order valence-electron chi connectivity index (χ3n) is 4.71. The van der Waals surface area contributed by atoms with Gasteiger partial charge in [-0.1, -0.05) is 6.42 Å². The number of fused-ring (bicyclic) bond motifs is 1. The van der Waals surface area contributed by atoms with Crippen LogP contribution in [-0.4, -0.2) is 38.1 Å². The van der Waals surface area contributed by atoms with Crippen molar-refractivity contribution >= 4 is 16.6 Å². The smallest absolute Gasteiger partial charge is 0.155 e. The monoisotopic (exact) mass is 335 g/mol. The van der Waals surface area contributed by atoms with Gasteiger partial charge in [0.15, 0.2) is 5.78 Å². The zero-order valence-corrected chi connectivity index (χ0v) is 14.3. The van der Waals surface area contributed by atoms with E-state index in [1.807, 2.05) is 31.6 Å². The maximum atomic E-state index is 12.5. The molecule has 4 heterocycles. The van der Waals surface area contributed by atoms with Crippen molar-refractivity contribution in [1.82, 2.24) is 25.1 Å². The number of hydrogen-bond acceptors (Lipinski definition) is 5. The molecular formula is C19H21N5O. The van der Waals surface area contributed by atoms with Gasteiger partial charge in [-0.25, -0.2) is 0 Å². The Kier molecular flexibility index (Phi) is 4.28. The van der Waals surface area contributed by atoms with Gasteiger partial charge in [0.1, 0.15) is 0 Å². The van der Waals surface area contributed by atoms with E-state index in [0.29, 0.717) is 6.42 Å². The van der Waals surface area contributed by atoms with Crippen molar-refractivity contribution in [3.05, 3.63) is 42.6 Å². The first-order valence-corrected chi connectivity index (χ1v) is 8.69. The van der Waals surface area contributed by atoms with Gasteiger partial charge in [-0.3, -0.25) is 19.4 Å². The van der Waals surface area contributed by atoms with E-state index in [4.69, 9.17) is 0 Å². The molecule has 0 aliphatic carbocycles. The third-order valence-corrected chi connectivity index (χ3v) is 4.71. The molecule has 3 aromatic rings. The van der Waals surface area contributed by atoms with E-state index in [1.165, 1.54) is 0 Å². The maximum absolute atomic E-state index is 12.5. The normalized spacial score (nSPS) is 17.7. The Morgan fingerprint density at radius 1 is 1.20 bits per heavy atom. The second-order valence-corrected chi connectivity index (χ2v) is 6.64. The number of ketones is 1. The summed E-state index contributed by atoms with van der Waals surface area (Å²) < 4.78 is 1.76. The van der Waals surface area contributed by atoms with Gasteiger partial charge in [0, 0.05) is 42.3 Å². The molecule has 0 radical (unpaired) electrons. The van der Waals surface area contributed by atoms with Crippen molar-refractivity contribution in [2.45, 2.75) is 31.7 Å². The first-order valence-electron chi connectivity index (χ1n) is 8.69. The Morgan fingerprint density at radius 2 is 2.08 bits per heavy atom. The van der Waals surface area contributed by atoms with Gasteiger partial charge in [-0.05, 0) is 36.9 Å². The molecule has 1 atom stereocenters. The molecule has 4 rings (SSSR count). The molecule has 0 saturated carbocycles. The highest BCUT2D eigenvalue weighted by Gasteiger charge is 2.21. The molecule has 1 saturated heterocycles. The van der Waals surface area contributed by atoms with E-state index < -0.39 is 0 Å². The lowest BCUT2D eigenvalue weighted by atomic mass is 9.98. The summed E-state index contributed by atoms with van der Waals surface area (Å²) in [5.41, 5.74) is 2.66. The first kappa shape index (κ1) is 15.9. The molecule has 128 valence electrons. The quantitative estimate of drug-likeness (QED) is 0.792. The molecule has 25 heavy (non-hydrogen) atoms. The van der Waals surface area contributed by atoms with Gasteiger partial charge >= 0.3 is 0 Å². The van der Waals surface area contributed by atoms with Crippen LogP contribution in [-0.2, 0) is 18.3 Å². The van der Waals surface area contributed by atoms with Crippen molar-refractivity contribution in [3.63, 3.8) is 0 Å². The molecule has 6 heteroatoms. The summed E-state index contributed by atoms with van der Waals surface area (Å²) in [6.07, 6.45) is 10.9. The molecular weight excluding hydrogens is 314 g/mol. The predicted molar refractivity (Wildman–Crippen MR) is 96.1 cm³/mol. The van der Waals surface area contributed by atoms with Crippen molar-refractivity contribution in [1.29, 1.82) is 0 Å². The van der Waals surface area contributed by atoms with Crippen molar-refractivity contribution in [2.75, 3.05) is 6.54 Å². The van der Waals surface area contributed by atoms with Crippen LogP contribution in [0.2, 0.25) is 0 Å². The third kappa shape index (κ3) is 3.44. The molecule has 1 N–H and O–H groups in total. The maximum Gasteiger partial charge on any atom is 0.155 e. The SMILES string of the molecule is Cn1cc(-c2cc3cc(CC(=O)[C@@H]4CCCCN4)ncc3cn2)cn1. The lowest BCUT2D eigenvalue weighted by molar-refractivity contribution is -0.121. The average molecular weight is 335 g/mol. The number of carbonyl (C=O) groups excluding carboxylic acids is 1. The minimum absolute atomic E-state index is 0.0189. The molecule has 1 fully saturated rings. The molecule has 0 bridgehead atoms. The number of aromatic nitrogens is 4. The Morgan fingerprint density at radius 3 is 2.84 bits per heavy atom. The molecule has 0 unspecified atom stereocenters. The first-order chi connectivity index (χ1) is 12.2. The lowest BCUT2D eigenvalue weighted by Crippen LogP contribution is -2.41. The van der Waals surface area contributed by atoms with Crippen LogP contribution in [0.3, 0.4) is 0 Å². The molecule has 1 aliphatic heterocycles. The number of nitrogens with one attached hydrogen (secondary N) is 1. The lowest BCUT2D eigenvalue weighted by Gasteiger charge is -2.22. The Balaban J connectivity index is 1.59. The van der Waals surface area contributed by atoms with Crippen LogP contribution in [0.4, 0.5) is 0 Å². The summed E-state index contributed by atoms with van der Waals surface area (Å²) in [7, 11) is 1.89. The number of rotatable bonds is 4. The summed E-state index contributed by atoms with van der Waals surface area (Å²) in [6, 6.07) is 4.01.